The molecule has 1 aliphatic carbocycles. The minimum Gasteiger partial charge on any atom is -0.337 e. The van der Waals surface area contributed by atoms with E-state index in [0.29, 0.717) is 18.5 Å². The summed E-state index contributed by atoms with van der Waals surface area (Å²) < 4.78 is 24.0. The van der Waals surface area contributed by atoms with Crippen molar-refractivity contribution in [2.24, 2.45) is 5.73 Å². The Balaban J connectivity index is 0.00000264. The van der Waals surface area contributed by atoms with E-state index in [2.05, 4.69) is 0 Å². The summed E-state index contributed by atoms with van der Waals surface area (Å²) in [7, 11) is -1.46. The van der Waals surface area contributed by atoms with Crippen molar-refractivity contribution in [1.29, 1.82) is 0 Å². The molecule has 7 heteroatoms. The van der Waals surface area contributed by atoms with Crippen molar-refractivity contribution in [3.8, 4) is 0 Å². The van der Waals surface area contributed by atoms with E-state index in [1.54, 1.807) is 24.1 Å². The summed E-state index contributed by atoms with van der Waals surface area (Å²) in [6, 6.07) is 6.91. The molecule has 1 aromatic carbocycles. The first kappa shape index (κ1) is 19.9. The molecule has 2 N–H and O–H groups in total. The second kappa shape index (κ2) is 8.13. The number of carbonyl (C=O) groups is 1. The van der Waals surface area contributed by atoms with Gasteiger partial charge in [-0.15, -0.1) is 12.4 Å². The lowest BCUT2D eigenvalue weighted by atomic mass is 9.93. The third-order valence-electron chi connectivity index (χ3n) is 4.47. The van der Waals surface area contributed by atoms with E-state index >= 15 is 0 Å². The highest BCUT2D eigenvalue weighted by Crippen LogP contribution is 2.28. The van der Waals surface area contributed by atoms with E-state index in [0.717, 1.165) is 24.8 Å². The van der Waals surface area contributed by atoms with Gasteiger partial charge in [-0.1, -0.05) is 25.0 Å². The van der Waals surface area contributed by atoms with Gasteiger partial charge in [0.25, 0.3) is 5.91 Å². The summed E-state index contributed by atoms with van der Waals surface area (Å²) in [6.07, 6.45) is 4.50. The largest absolute Gasteiger partial charge is 0.337 e. The molecule has 0 aliphatic heterocycles. The topological polar surface area (TPSA) is 80.5 Å². The highest BCUT2D eigenvalue weighted by molar-refractivity contribution is 7.91. The van der Waals surface area contributed by atoms with Gasteiger partial charge in [-0.25, -0.2) is 8.42 Å². The molecule has 2 unspecified atom stereocenters. The van der Waals surface area contributed by atoms with Crippen LogP contribution in [-0.4, -0.2) is 43.8 Å². The Labute approximate surface area is 144 Å². The van der Waals surface area contributed by atoms with Crippen molar-refractivity contribution in [3.63, 3.8) is 0 Å². The number of hydrogen-bond acceptors (Lipinski definition) is 4. The molecule has 0 spiro atoms. The van der Waals surface area contributed by atoms with Gasteiger partial charge in [-0.05, 0) is 30.5 Å². The summed E-state index contributed by atoms with van der Waals surface area (Å²) in [6.45, 7) is 0.434. The molecule has 1 fully saturated rings. The van der Waals surface area contributed by atoms with Crippen LogP contribution < -0.4 is 5.73 Å². The molecule has 0 aromatic heterocycles. The highest BCUT2D eigenvalue weighted by Gasteiger charge is 2.37. The van der Waals surface area contributed by atoms with Crippen LogP contribution in [0.4, 0.5) is 0 Å². The third kappa shape index (κ3) is 4.68. The van der Waals surface area contributed by atoms with Gasteiger partial charge < -0.3 is 10.6 Å². The van der Waals surface area contributed by atoms with Crippen molar-refractivity contribution in [1.82, 2.24) is 4.90 Å². The summed E-state index contributed by atoms with van der Waals surface area (Å²) in [5.74, 6) is -0.135. The molecule has 5 nitrogen and oxygen atoms in total. The van der Waals surface area contributed by atoms with Crippen LogP contribution in [0.1, 0.15) is 41.6 Å². The number of nitrogens with two attached hydrogens (primary N) is 1. The van der Waals surface area contributed by atoms with E-state index < -0.39 is 15.1 Å². The molecule has 23 heavy (non-hydrogen) atoms. The average molecular weight is 361 g/mol. The van der Waals surface area contributed by atoms with Gasteiger partial charge in [0.15, 0.2) is 9.84 Å². The molecule has 2 atom stereocenters. The molecule has 1 aromatic rings. The van der Waals surface area contributed by atoms with Crippen LogP contribution in [-0.2, 0) is 16.4 Å². The van der Waals surface area contributed by atoms with Gasteiger partial charge in [-0.2, -0.15) is 0 Å². The van der Waals surface area contributed by atoms with Crippen LogP contribution in [0, 0.1) is 0 Å². The van der Waals surface area contributed by atoms with E-state index in [-0.39, 0.29) is 24.4 Å². The van der Waals surface area contributed by atoms with Crippen LogP contribution in [0.15, 0.2) is 24.3 Å². The lowest BCUT2D eigenvalue weighted by molar-refractivity contribution is 0.0700. The van der Waals surface area contributed by atoms with Crippen LogP contribution in [0.25, 0.3) is 0 Å². The predicted octanol–water partition coefficient (Wildman–Crippen LogP) is 1.99. The lowest BCUT2D eigenvalue weighted by Gasteiger charge is -2.37. The lowest BCUT2D eigenvalue weighted by Crippen LogP contribution is -2.49. The summed E-state index contributed by atoms with van der Waals surface area (Å²) in [5, 5.41) is -0.460. The van der Waals surface area contributed by atoms with Crippen LogP contribution in [0.2, 0.25) is 0 Å². The highest BCUT2D eigenvalue weighted by atomic mass is 35.5. The van der Waals surface area contributed by atoms with Gasteiger partial charge >= 0.3 is 0 Å². The number of nitrogens with zero attached hydrogens (tertiary/aromatic N) is 1. The minimum atomic E-state index is -3.16. The quantitative estimate of drug-likeness (QED) is 0.890. The van der Waals surface area contributed by atoms with Gasteiger partial charge in [0.1, 0.15) is 0 Å². The first-order valence-corrected chi connectivity index (χ1v) is 9.55. The second-order valence-electron chi connectivity index (χ2n) is 6.04. The maximum Gasteiger partial charge on any atom is 0.253 e. The molecule has 1 aliphatic rings. The SMILES string of the molecule is CN(C(=O)c1ccc(CN)cc1)C1CCCCC1S(C)(=O)=O.Cl. The number of sulfone groups is 1. The molecule has 130 valence electrons. The summed E-state index contributed by atoms with van der Waals surface area (Å²) in [4.78, 5) is 14.2. The Hall–Kier alpha value is -1.11. The molecule has 0 bridgehead atoms. The fourth-order valence-electron chi connectivity index (χ4n) is 3.16. The normalized spacial score (nSPS) is 21.3. The zero-order valence-corrected chi connectivity index (χ0v) is 15.2. The Morgan fingerprint density at radius 1 is 1.22 bits per heavy atom. The molecule has 1 amide bonds. The Bertz CT molecular complexity index is 631. The molecule has 0 radical (unpaired) electrons. The number of hydrogen-bond donors (Lipinski definition) is 1. The van der Waals surface area contributed by atoms with Crippen molar-refractivity contribution in [2.75, 3.05) is 13.3 Å². The molecule has 1 saturated carbocycles. The Morgan fingerprint density at radius 2 is 1.78 bits per heavy atom. The maximum atomic E-state index is 12.6. The Morgan fingerprint density at radius 3 is 2.30 bits per heavy atom. The zero-order chi connectivity index (χ0) is 16.3. The molecule has 2 rings (SSSR count). The smallest absolute Gasteiger partial charge is 0.253 e. The average Bonchev–Trinajstić information content (AvgIpc) is 2.52. The maximum absolute atomic E-state index is 12.6. The molecular formula is C16H25ClN2O3S. The fourth-order valence-corrected chi connectivity index (χ4v) is 4.64. The van der Waals surface area contributed by atoms with Gasteiger partial charge in [0, 0.05) is 31.5 Å². The van der Waals surface area contributed by atoms with Crippen molar-refractivity contribution < 1.29 is 13.2 Å². The van der Waals surface area contributed by atoms with Crippen LogP contribution >= 0.6 is 12.4 Å². The van der Waals surface area contributed by atoms with Gasteiger partial charge in [-0.3, -0.25) is 4.79 Å². The van der Waals surface area contributed by atoms with Crippen LogP contribution in [0.3, 0.4) is 0 Å². The van der Waals surface area contributed by atoms with Crippen LogP contribution in [0.5, 0.6) is 0 Å². The number of halogens is 1. The third-order valence-corrected chi connectivity index (χ3v) is 6.12. The number of carbonyl (C=O) groups excluding carboxylic acids is 1. The monoisotopic (exact) mass is 360 g/mol. The van der Waals surface area contributed by atoms with E-state index in [9.17, 15) is 13.2 Å². The minimum absolute atomic E-state index is 0. The number of rotatable bonds is 4. The molecular weight excluding hydrogens is 336 g/mol. The summed E-state index contributed by atoms with van der Waals surface area (Å²) >= 11 is 0. The standard InChI is InChI=1S/C16H24N2O3S.ClH/c1-18(14-5-3-4-6-15(14)22(2,20)21)16(19)13-9-7-12(11-17)8-10-13;/h7-10,14-15H,3-6,11,17H2,1-2H3;1H. The van der Waals surface area contributed by atoms with Crippen molar-refractivity contribution in [2.45, 2.75) is 43.5 Å². The summed E-state index contributed by atoms with van der Waals surface area (Å²) in [5.41, 5.74) is 7.09. The van der Waals surface area contributed by atoms with Crippen molar-refractivity contribution >= 4 is 28.2 Å². The van der Waals surface area contributed by atoms with Gasteiger partial charge in [0.2, 0.25) is 0 Å². The zero-order valence-electron chi connectivity index (χ0n) is 13.6. The van der Waals surface area contributed by atoms with E-state index in [4.69, 9.17) is 5.73 Å². The van der Waals surface area contributed by atoms with Crippen molar-refractivity contribution in [3.05, 3.63) is 35.4 Å². The molecule has 0 heterocycles. The fraction of sp³-hybridized carbons (Fsp3) is 0.562. The second-order valence-corrected chi connectivity index (χ2v) is 8.30. The molecule has 0 saturated heterocycles. The first-order valence-electron chi connectivity index (χ1n) is 7.59. The first-order chi connectivity index (χ1) is 10.3. The number of benzene rings is 1. The predicted molar refractivity (Wildman–Crippen MR) is 94.6 cm³/mol. The van der Waals surface area contributed by atoms with Gasteiger partial charge in [0.05, 0.1) is 5.25 Å². The Kier molecular flexibility index (Phi) is 7.04. The van der Waals surface area contributed by atoms with E-state index in [1.807, 2.05) is 12.1 Å². The van der Waals surface area contributed by atoms with E-state index in [1.165, 1.54) is 6.26 Å². The number of amides is 1.